The van der Waals surface area contributed by atoms with Crippen molar-refractivity contribution in [3.8, 4) is 17.2 Å². The molecule has 0 unspecified atom stereocenters. The largest absolute Gasteiger partial charge is 0.550 e. The first-order valence-electron chi connectivity index (χ1n) is 8.66. The minimum Gasteiger partial charge on any atom is -0.550 e. The molecule has 0 bridgehead atoms. The number of thiocarbonyl (C=S) groups is 1. The minimum atomic E-state index is -1.06. The summed E-state index contributed by atoms with van der Waals surface area (Å²) < 4.78 is 16.5. The number of carboxylic acids is 1. The van der Waals surface area contributed by atoms with Crippen LogP contribution in [0.4, 0.5) is 0 Å². The second-order valence-electron chi connectivity index (χ2n) is 5.97. The van der Waals surface area contributed by atoms with Gasteiger partial charge in [-0.2, -0.15) is 0 Å². The molecule has 28 heavy (non-hydrogen) atoms. The molecule has 0 aromatic heterocycles. The molecule has 2 rings (SSSR count). The summed E-state index contributed by atoms with van der Waals surface area (Å²) in [5.74, 6) is 0.252. The third-order valence-electron chi connectivity index (χ3n) is 4.12. The Morgan fingerprint density at radius 2 is 1.79 bits per heavy atom. The molecule has 1 amide bonds. The van der Waals surface area contributed by atoms with Gasteiger partial charge in [-0.25, -0.2) is 0 Å². The highest BCUT2D eigenvalue weighted by atomic mass is 32.2. The molecule has 0 N–H and O–H groups in total. The molecular weight excluding hydrogens is 402 g/mol. The number of nitrogens with zero attached hydrogens (tertiary/aromatic N) is 1. The number of rotatable bonds is 10. The van der Waals surface area contributed by atoms with Crippen LogP contribution < -0.4 is 19.3 Å². The summed E-state index contributed by atoms with van der Waals surface area (Å²) in [6.07, 6.45) is 3.66. The zero-order chi connectivity index (χ0) is 20.7. The lowest BCUT2D eigenvalue weighted by Gasteiger charge is -2.14. The van der Waals surface area contributed by atoms with Crippen LogP contribution >= 0.6 is 24.0 Å². The fourth-order valence-corrected chi connectivity index (χ4v) is 4.05. The Balaban J connectivity index is 2.11. The van der Waals surface area contributed by atoms with Crippen LogP contribution in [0.3, 0.4) is 0 Å². The van der Waals surface area contributed by atoms with Gasteiger partial charge in [0.15, 0.2) is 11.5 Å². The molecule has 7 nitrogen and oxygen atoms in total. The van der Waals surface area contributed by atoms with Gasteiger partial charge in [-0.3, -0.25) is 9.69 Å². The maximum absolute atomic E-state index is 12.7. The summed E-state index contributed by atoms with van der Waals surface area (Å²) in [7, 11) is 4.58. The van der Waals surface area contributed by atoms with Gasteiger partial charge in [-0.1, -0.05) is 30.4 Å². The highest BCUT2D eigenvalue weighted by molar-refractivity contribution is 8.26. The summed E-state index contributed by atoms with van der Waals surface area (Å²) >= 11 is 6.56. The first-order chi connectivity index (χ1) is 13.4. The number of aliphatic carboxylic acids is 1. The SMILES string of the molecule is COc1cc(/C=C2/SC(=S)N(CCCCCC(=O)[O-])C2=O)cc(OC)c1OC. The fourth-order valence-electron chi connectivity index (χ4n) is 2.74. The predicted octanol–water partition coefficient (Wildman–Crippen LogP) is 2.22. The Kier molecular flexibility index (Phi) is 8.13. The molecule has 1 aliphatic heterocycles. The van der Waals surface area contributed by atoms with Crippen molar-refractivity contribution in [2.24, 2.45) is 0 Å². The van der Waals surface area contributed by atoms with Crippen LogP contribution in [0.15, 0.2) is 17.0 Å². The number of benzene rings is 1. The molecule has 0 aliphatic carbocycles. The van der Waals surface area contributed by atoms with E-state index in [0.717, 1.165) is 5.56 Å². The lowest BCUT2D eigenvalue weighted by molar-refractivity contribution is -0.305. The van der Waals surface area contributed by atoms with Crippen molar-refractivity contribution < 1.29 is 28.9 Å². The molecule has 1 aromatic rings. The lowest BCUT2D eigenvalue weighted by Crippen LogP contribution is -2.29. The van der Waals surface area contributed by atoms with E-state index in [1.807, 2.05) is 0 Å². The lowest BCUT2D eigenvalue weighted by atomic mass is 10.1. The van der Waals surface area contributed by atoms with E-state index in [4.69, 9.17) is 26.4 Å². The number of carboxylic acid groups (broad SMARTS) is 1. The minimum absolute atomic E-state index is 0.0272. The molecule has 0 saturated carbocycles. The third kappa shape index (κ3) is 5.39. The first kappa shape index (κ1) is 22.0. The van der Waals surface area contributed by atoms with Gasteiger partial charge in [-0.05, 0) is 43.0 Å². The number of carbonyl (C=O) groups excluding carboxylic acids is 2. The summed E-state index contributed by atoms with van der Waals surface area (Å²) in [6.45, 7) is 0.463. The van der Waals surface area contributed by atoms with Crippen LogP contribution in [0, 0.1) is 0 Å². The molecule has 0 radical (unpaired) electrons. The molecule has 0 atom stereocenters. The maximum Gasteiger partial charge on any atom is 0.266 e. The van der Waals surface area contributed by atoms with Gasteiger partial charge in [0.05, 0.1) is 26.2 Å². The van der Waals surface area contributed by atoms with Crippen LogP contribution in [0.25, 0.3) is 6.08 Å². The number of methoxy groups -OCH3 is 3. The van der Waals surface area contributed by atoms with E-state index >= 15 is 0 Å². The van der Waals surface area contributed by atoms with Crippen LogP contribution in [0.1, 0.15) is 31.2 Å². The number of ether oxygens (including phenoxy) is 3. The molecule has 0 spiro atoms. The average Bonchev–Trinajstić information content (AvgIpc) is 2.93. The third-order valence-corrected chi connectivity index (χ3v) is 5.50. The van der Waals surface area contributed by atoms with Gasteiger partial charge in [0.1, 0.15) is 4.32 Å². The highest BCUT2D eigenvalue weighted by Gasteiger charge is 2.31. The van der Waals surface area contributed by atoms with Gasteiger partial charge in [0, 0.05) is 12.5 Å². The molecule has 1 aliphatic rings. The maximum atomic E-state index is 12.7. The van der Waals surface area contributed by atoms with Crippen molar-refractivity contribution in [1.82, 2.24) is 4.90 Å². The quantitative estimate of drug-likeness (QED) is 0.321. The normalized spacial score (nSPS) is 15.2. The Hall–Kier alpha value is -2.26. The van der Waals surface area contributed by atoms with E-state index < -0.39 is 5.97 Å². The van der Waals surface area contributed by atoms with Gasteiger partial charge in [-0.15, -0.1) is 0 Å². The predicted molar refractivity (Wildman–Crippen MR) is 109 cm³/mol. The zero-order valence-electron chi connectivity index (χ0n) is 16.0. The van der Waals surface area contributed by atoms with Gasteiger partial charge >= 0.3 is 0 Å². The van der Waals surface area contributed by atoms with Crippen molar-refractivity contribution in [2.75, 3.05) is 27.9 Å². The van der Waals surface area contributed by atoms with E-state index in [9.17, 15) is 14.7 Å². The number of thioether (sulfide) groups is 1. The number of hydrogen-bond donors (Lipinski definition) is 0. The van der Waals surface area contributed by atoms with Crippen LogP contribution in [-0.2, 0) is 9.59 Å². The molecule has 1 heterocycles. The van der Waals surface area contributed by atoms with Gasteiger partial charge < -0.3 is 24.1 Å². The molecule has 1 aromatic carbocycles. The van der Waals surface area contributed by atoms with Crippen molar-refractivity contribution in [1.29, 1.82) is 0 Å². The fraction of sp³-hybridized carbons (Fsp3) is 0.421. The molecule has 152 valence electrons. The molecular formula is C19H22NO6S2-. The molecule has 1 fully saturated rings. The molecule has 9 heteroatoms. The van der Waals surface area contributed by atoms with Crippen LogP contribution in [0.5, 0.6) is 17.2 Å². The molecule has 1 saturated heterocycles. The summed E-state index contributed by atoms with van der Waals surface area (Å²) in [6, 6.07) is 3.52. The van der Waals surface area contributed by atoms with E-state index in [-0.39, 0.29) is 12.3 Å². The zero-order valence-corrected chi connectivity index (χ0v) is 17.6. The number of amides is 1. The standard InChI is InChI=1S/C19H23NO6S2/c1-24-13-9-12(10-14(25-2)17(13)26-3)11-15-18(23)20(19(27)28-15)8-6-4-5-7-16(21)22/h9-11H,4-8H2,1-3H3,(H,21,22)/p-1/b15-11+. The second-order valence-corrected chi connectivity index (χ2v) is 7.65. The summed E-state index contributed by atoms with van der Waals surface area (Å²) in [5, 5.41) is 10.4. The second kappa shape index (κ2) is 10.3. The van der Waals surface area contributed by atoms with E-state index in [0.29, 0.717) is 52.3 Å². The Morgan fingerprint density at radius 1 is 1.14 bits per heavy atom. The van der Waals surface area contributed by atoms with E-state index in [1.54, 1.807) is 23.1 Å². The monoisotopic (exact) mass is 424 g/mol. The number of hydrogen-bond acceptors (Lipinski definition) is 8. The van der Waals surface area contributed by atoms with E-state index in [2.05, 4.69) is 0 Å². The summed E-state index contributed by atoms with van der Waals surface area (Å²) in [5.41, 5.74) is 0.726. The van der Waals surface area contributed by atoms with Crippen LogP contribution in [0.2, 0.25) is 0 Å². The Bertz CT molecular complexity index is 768. The van der Waals surface area contributed by atoms with Crippen molar-refractivity contribution >= 4 is 46.3 Å². The Labute approximate surface area is 173 Å². The number of unbranched alkanes of at least 4 members (excludes halogenated alkanes) is 2. The van der Waals surface area contributed by atoms with Gasteiger partial charge in [0.2, 0.25) is 5.75 Å². The van der Waals surface area contributed by atoms with Gasteiger partial charge in [0.25, 0.3) is 5.91 Å². The highest BCUT2D eigenvalue weighted by Crippen LogP contribution is 2.40. The van der Waals surface area contributed by atoms with Crippen molar-refractivity contribution in [2.45, 2.75) is 25.7 Å². The average molecular weight is 425 g/mol. The smallest absolute Gasteiger partial charge is 0.266 e. The summed E-state index contributed by atoms with van der Waals surface area (Å²) in [4.78, 5) is 25.2. The topological polar surface area (TPSA) is 88.1 Å². The van der Waals surface area contributed by atoms with E-state index in [1.165, 1.54) is 33.1 Å². The van der Waals surface area contributed by atoms with Crippen molar-refractivity contribution in [3.63, 3.8) is 0 Å². The Morgan fingerprint density at radius 3 is 2.32 bits per heavy atom. The number of carbonyl (C=O) groups is 2. The van der Waals surface area contributed by atoms with Crippen LogP contribution in [-0.4, -0.2) is 49.0 Å². The van der Waals surface area contributed by atoms with Crippen molar-refractivity contribution in [3.05, 3.63) is 22.6 Å². The first-order valence-corrected chi connectivity index (χ1v) is 9.89.